The number of imidazole rings is 1. The van der Waals surface area contributed by atoms with Crippen molar-refractivity contribution in [2.75, 3.05) is 23.3 Å². The maximum atomic E-state index is 6.40. The highest BCUT2D eigenvalue weighted by Gasteiger charge is 2.21. The van der Waals surface area contributed by atoms with Crippen LogP contribution in [0, 0.1) is 0 Å². The van der Waals surface area contributed by atoms with Gasteiger partial charge in [-0.2, -0.15) is 9.97 Å². The lowest BCUT2D eigenvalue weighted by atomic mass is 9.87. The topological polar surface area (TPSA) is 69.7 Å². The number of hydrogen-bond donors (Lipinski definition) is 2. The zero-order valence-corrected chi connectivity index (χ0v) is 21.1. The molecule has 1 aliphatic heterocycles. The number of hydrogen-bond acceptors (Lipinski definition) is 5. The van der Waals surface area contributed by atoms with E-state index in [4.69, 9.17) is 38.2 Å². The molecule has 8 heteroatoms. The third-order valence-electron chi connectivity index (χ3n) is 6.20. The number of rotatable bonds is 5. The summed E-state index contributed by atoms with van der Waals surface area (Å²) in [4.78, 5) is 20.1. The van der Waals surface area contributed by atoms with E-state index in [9.17, 15) is 0 Å². The summed E-state index contributed by atoms with van der Waals surface area (Å²) in [5.74, 6) is 2.15. The lowest BCUT2D eigenvalue weighted by molar-refractivity contribution is 0.590. The standard InChI is InChI=1S/C26H28Cl2N6/c1-26(2,3)16-9-11-17(12-10-16)29-23-22-24(33-25(32-23)34-13-4-5-14-34)31-21(30-22)15-18-19(27)7-6-8-20(18)28/h6-12H,4-5,13-15H2,1-3H3,(H2,29,30,31,32,33). The van der Waals surface area contributed by atoms with Crippen molar-refractivity contribution < 1.29 is 0 Å². The van der Waals surface area contributed by atoms with Crippen LogP contribution in [0.25, 0.3) is 11.2 Å². The highest BCUT2D eigenvalue weighted by Crippen LogP contribution is 2.31. The molecule has 1 saturated heterocycles. The maximum Gasteiger partial charge on any atom is 0.229 e. The van der Waals surface area contributed by atoms with E-state index in [0.29, 0.717) is 33.9 Å². The molecule has 0 bridgehead atoms. The van der Waals surface area contributed by atoms with Gasteiger partial charge in [0.25, 0.3) is 0 Å². The van der Waals surface area contributed by atoms with E-state index >= 15 is 0 Å². The molecule has 6 nitrogen and oxygen atoms in total. The van der Waals surface area contributed by atoms with Crippen LogP contribution in [0.3, 0.4) is 0 Å². The minimum atomic E-state index is 0.0991. The van der Waals surface area contributed by atoms with Crippen molar-refractivity contribution in [1.29, 1.82) is 0 Å². The Hall–Kier alpha value is -2.83. The Kier molecular flexibility index (Phi) is 6.13. The number of H-pyrrole nitrogens is 1. The van der Waals surface area contributed by atoms with Crippen LogP contribution in [0.1, 0.15) is 50.6 Å². The number of benzene rings is 2. The van der Waals surface area contributed by atoms with Crippen molar-refractivity contribution in [1.82, 2.24) is 19.9 Å². The summed E-state index contributed by atoms with van der Waals surface area (Å²) < 4.78 is 0. The lowest BCUT2D eigenvalue weighted by Crippen LogP contribution is -2.20. The summed E-state index contributed by atoms with van der Waals surface area (Å²) in [6.45, 7) is 8.55. The maximum absolute atomic E-state index is 6.40. The van der Waals surface area contributed by atoms with Gasteiger partial charge in [-0.05, 0) is 53.6 Å². The van der Waals surface area contributed by atoms with Crippen LogP contribution in [-0.4, -0.2) is 33.0 Å². The molecular weight excluding hydrogens is 467 g/mol. The number of halogens is 2. The third kappa shape index (κ3) is 4.70. The first kappa shape index (κ1) is 22.9. The van der Waals surface area contributed by atoms with E-state index < -0.39 is 0 Å². The molecule has 2 N–H and O–H groups in total. The fourth-order valence-electron chi connectivity index (χ4n) is 4.23. The van der Waals surface area contributed by atoms with Gasteiger partial charge in [0.05, 0.1) is 0 Å². The minimum absolute atomic E-state index is 0.0991. The van der Waals surface area contributed by atoms with Gasteiger partial charge in [0.1, 0.15) is 11.3 Å². The van der Waals surface area contributed by atoms with Crippen LogP contribution in [0.4, 0.5) is 17.5 Å². The number of anilines is 3. The van der Waals surface area contributed by atoms with Crippen molar-refractivity contribution in [3.63, 3.8) is 0 Å². The van der Waals surface area contributed by atoms with Gasteiger partial charge in [-0.25, -0.2) is 4.98 Å². The molecule has 4 aromatic rings. The second-order valence-electron chi connectivity index (χ2n) is 9.78. The fourth-order valence-corrected chi connectivity index (χ4v) is 4.76. The zero-order valence-electron chi connectivity index (χ0n) is 19.6. The van der Waals surface area contributed by atoms with Gasteiger partial charge in [-0.1, -0.05) is 62.2 Å². The fraction of sp³-hybridized carbons (Fsp3) is 0.346. The van der Waals surface area contributed by atoms with Gasteiger partial charge >= 0.3 is 0 Å². The zero-order chi connectivity index (χ0) is 23.9. The van der Waals surface area contributed by atoms with E-state index in [1.165, 1.54) is 5.56 Å². The van der Waals surface area contributed by atoms with Gasteiger partial charge in [0.2, 0.25) is 5.95 Å². The molecule has 34 heavy (non-hydrogen) atoms. The van der Waals surface area contributed by atoms with Crippen LogP contribution in [0.15, 0.2) is 42.5 Å². The van der Waals surface area contributed by atoms with Crippen LogP contribution in [0.2, 0.25) is 10.0 Å². The quantitative estimate of drug-likeness (QED) is 0.316. The van der Waals surface area contributed by atoms with Gasteiger partial charge in [-0.3, -0.25) is 0 Å². The van der Waals surface area contributed by atoms with E-state index in [1.54, 1.807) is 0 Å². The summed E-state index contributed by atoms with van der Waals surface area (Å²) in [6.07, 6.45) is 2.78. The molecule has 0 saturated carbocycles. The van der Waals surface area contributed by atoms with E-state index in [1.807, 2.05) is 18.2 Å². The summed E-state index contributed by atoms with van der Waals surface area (Å²) in [7, 11) is 0. The Morgan fingerprint density at radius 2 is 1.62 bits per heavy atom. The molecule has 176 valence electrons. The molecular formula is C26H28Cl2N6. The van der Waals surface area contributed by atoms with Crippen LogP contribution < -0.4 is 10.2 Å². The van der Waals surface area contributed by atoms with Crippen molar-refractivity contribution in [2.24, 2.45) is 0 Å². The van der Waals surface area contributed by atoms with E-state index in [-0.39, 0.29) is 5.41 Å². The number of nitrogens with one attached hydrogen (secondary N) is 2. The molecule has 1 aliphatic rings. The number of aromatic amines is 1. The predicted octanol–water partition coefficient (Wildman–Crippen LogP) is 6.89. The highest BCUT2D eigenvalue weighted by molar-refractivity contribution is 6.36. The molecule has 0 aliphatic carbocycles. The molecule has 1 fully saturated rings. The Bertz CT molecular complexity index is 1300. The average Bonchev–Trinajstić information content (AvgIpc) is 3.46. The Morgan fingerprint density at radius 1 is 0.941 bits per heavy atom. The molecule has 0 amide bonds. The van der Waals surface area contributed by atoms with Crippen molar-refractivity contribution in [3.8, 4) is 0 Å². The molecule has 5 rings (SSSR count). The molecule has 0 radical (unpaired) electrons. The molecule has 3 heterocycles. The summed E-state index contributed by atoms with van der Waals surface area (Å²) >= 11 is 12.8. The summed E-state index contributed by atoms with van der Waals surface area (Å²) in [6, 6.07) is 14.0. The number of nitrogens with zero attached hydrogens (tertiary/aromatic N) is 4. The van der Waals surface area contributed by atoms with Crippen LogP contribution >= 0.6 is 23.2 Å². The minimum Gasteiger partial charge on any atom is -0.341 e. The average molecular weight is 495 g/mol. The van der Waals surface area contributed by atoms with Gasteiger partial charge in [0.15, 0.2) is 11.5 Å². The summed E-state index contributed by atoms with van der Waals surface area (Å²) in [5.41, 5.74) is 4.58. The van der Waals surface area contributed by atoms with E-state index in [0.717, 1.165) is 48.5 Å². The lowest BCUT2D eigenvalue weighted by Gasteiger charge is -2.19. The Labute approximate surface area is 209 Å². The molecule has 0 spiro atoms. The van der Waals surface area contributed by atoms with E-state index in [2.05, 4.69) is 60.2 Å². The normalized spacial score (nSPS) is 14.2. The Balaban J connectivity index is 1.53. The van der Waals surface area contributed by atoms with Gasteiger partial charge in [0, 0.05) is 35.2 Å². The van der Waals surface area contributed by atoms with Crippen LogP contribution in [0.5, 0.6) is 0 Å². The summed E-state index contributed by atoms with van der Waals surface area (Å²) in [5, 5.41) is 4.73. The first-order chi connectivity index (χ1) is 16.3. The number of aromatic nitrogens is 4. The second kappa shape index (κ2) is 9.08. The Morgan fingerprint density at radius 3 is 2.26 bits per heavy atom. The third-order valence-corrected chi connectivity index (χ3v) is 6.90. The SMILES string of the molecule is CC(C)(C)c1ccc(Nc2nc(N3CCCC3)nc3nc(Cc4c(Cl)cccc4Cl)[nH]c23)cc1. The molecule has 2 aromatic heterocycles. The van der Waals surface area contributed by atoms with Gasteiger partial charge in [-0.15, -0.1) is 0 Å². The number of fused-ring (bicyclic) bond motifs is 1. The largest absolute Gasteiger partial charge is 0.341 e. The molecule has 0 atom stereocenters. The smallest absolute Gasteiger partial charge is 0.229 e. The first-order valence-corrected chi connectivity index (χ1v) is 12.4. The van der Waals surface area contributed by atoms with Crippen molar-refractivity contribution >= 4 is 51.8 Å². The first-order valence-electron chi connectivity index (χ1n) is 11.6. The molecule has 0 unspecified atom stereocenters. The highest BCUT2D eigenvalue weighted by atomic mass is 35.5. The molecule has 2 aromatic carbocycles. The van der Waals surface area contributed by atoms with Crippen molar-refractivity contribution in [3.05, 3.63) is 69.5 Å². The predicted molar refractivity (Wildman–Crippen MR) is 141 cm³/mol. The van der Waals surface area contributed by atoms with Crippen LogP contribution in [-0.2, 0) is 11.8 Å². The van der Waals surface area contributed by atoms with Crippen molar-refractivity contribution in [2.45, 2.75) is 45.4 Å². The monoisotopic (exact) mass is 494 g/mol. The second-order valence-corrected chi connectivity index (χ2v) is 10.6. The van der Waals surface area contributed by atoms with Gasteiger partial charge < -0.3 is 15.2 Å².